The van der Waals surface area contributed by atoms with Gasteiger partial charge in [0.2, 0.25) is 0 Å². The lowest BCUT2D eigenvalue weighted by Gasteiger charge is -2.14. The van der Waals surface area contributed by atoms with Crippen LogP contribution in [-0.4, -0.2) is 19.6 Å². The zero-order valence-corrected chi connectivity index (χ0v) is 15.5. The lowest BCUT2D eigenvalue weighted by molar-refractivity contribution is -0.0429. The Morgan fingerprint density at radius 1 is 1.14 bits per heavy atom. The Balaban J connectivity index is 2.28. The van der Waals surface area contributed by atoms with Gasteiger partial charge in [-0.05, 0) is 38.1 Å². The number of alkyl halides is 3. The SMILES string of the molecule is C/C(=N\OCc1c(F)cccc1F)c1cc(C)ccc1NS(=O)(=O)C(F)(F)F. The number of hydrogen-bond donors (Lipinski definition) is 1. The fourth-order valence-electron chi connectivity index (χ4n) is 2.16. The summed E-state index contributed by atoms with van der Waals surface area (Å²) in [4.78, 5) is 4.90. The van der Waals surface area contributed by atoms with Crippen molar-refractivity contribution in [3.63, 3.8) is 0 Å². The second kappa shape index (κ2) is 8.13. The van der Waals surface area contributed by atoms with Crippen molar-refractivity contribution in [2.24, 2.45) is 5.16 Å². The number of nitrogens with one attached hydrogen (secondary N) is 1. The summed E-state index contributed by atoms with van der Waals surface area (Å²) in [6.45, 7) is 2.41. The minimum absolute atomic E-state index is 0.000298. The van der Waals surface area contributed by atoms with E-state index in [0.29, 0.717) is 5.56 Å². The number of sulfonamides is 1. The summed E-state index contributed by atoms with van der Waals surface area (Å²) in [7, 11) is -5.64. The second-order valence-electron chi connectivity index (χ2n) is 5.75. The molecule has 2 rings (SSSR count). The van der Waals surface area contributed by atoms with Gasteiger partial charge in [0.25, 0.3) is 0 Å². The zero-order chi connectivity index (χ0) is 21.1. The maximum atomic E-state index is 13.6. The van der Waals surface area contributed by atoms with Gasteiger partial charge < -0.3 is 4.84 Å². The van der Waals surface area contributed by atoms with Crippen LogP contribution in [0.2, 0.25) is 0 Å². The third kappa shape index (κ3) is 4.97. The molecule has 152 valence electrons. The van der Waals surface area contributed by atoms with Crippen molar-refractivity contribution in [2.75, 3.05) is 4.72 Å². The first-order valence-corrected chi connectivity index (χ1v) is 9.20. The Morgan fingerprint density at radius 3 is 2.32 bits per heavy atom. The first-order valence-electron chi connectivity index (χ1n) is 7.72. The summed E-state index contributed by atoms with van der Waals surface area (Å²) in [5.74, 6) is -1.69. The molecule has 0 bridgehead atoms. The molecule has 2 aromatic rings. The quantitative estimate of drug-likeness (QED) is 0.424. The van der Waals surface area contributed by atoms with Crippen LogP contribution >= 0.6 is 0 Å². The van der Waals surface area contributed by atoms with Gasteiger partial charge >= 0.3 is 15.5 Å². The Hall–Kier alpha value is -2.69. The molecule has 0 aliphatic carbocycles. The number of hydrogen-bond acceptors (Lipinski definition) is 4. The predicted octanol–water partition coefficient (Wildman–Crippen LogP) is 4.48. The van der Waals surface area contributed by atoms with E-state index in [-0.39, 0.29) is 22.5 Å². The molecule has 0 fully saturated rings. The van der Waals surface area contributed by atoms with Gasteiger partial charge in [0, 0.05) is 5.56 Å². The van der Waals surface area contributed by atoms with Gasteiger partial charge in [-0.15, -0.1) is 0 Å². The number of oxime groups is 1. The van der Waals surface area contributed by atoms with Gasteiger partial charge in [0.05, 0.1) is 17.0 Å². The Labute approximate surface area is 157 Å². The molecule has 0 unspecified atom stereocenters. The minimum atomic E-state index is -5.64. The molecule has 0 aliphatic rings. The number of halogens is 5. The minimum Gasteiger partial charge on any atom is -0.390 e. The van der Waals surface area contributed by atoms with Gasteiger partial charge in [-0.25, -0.2) is 8.78 Å². The van der Waals surface area contributed by atoms with Crippen molar-refractivity contribution in [1.29, 1.82) is 0 Å². The van der Waals surface area contributed by atoms with Crippen LogP contribution in [0.15, 0.2) is 41.6 Å². The fourth-order valence-corrected chi connectivity index (χ4v) is 2.75. The molecule has 0 radical (unpaired) electrons. The van der Waals surface area contributed by atoms with Crippen molar-refractivity contribution in [3.05, 3.63) is 64.7 Å². The highest BCUT2D eigenvalue weighted by Crippen LogP contribution is 2.28. The Kier molecular flexibility index (Phi) is 6.27. The van der Waals surface area contributed by atoms with E-state index < -0.39 is 33.8 Å². The van der Waals surface area contributed by atoms with Crippen LogP contribution in [0.25, 0.3) is 0 Å². The highest BCUT2D eigenvalue weighted by Gasteiger charge is 2.46. The van der Waals surface area contributed by atoms with E-state index in [0.717, 1.165) is 18.2 Å². The van der Waals surface area contributed by atoms with E-state index in [4.69, 9.17) is 4.84 Å². The lowest BCUT2D eigenvalue weighted by Crippen LogP contribution is -2.30. The summed E-state index contributed by atoms with van der Waals surface area (Å²) in [6.07, 6.45) is 0. The van der Waals surface area contributed by atoms with Crippen LogP contribution in [0.3, 0.4) is 0 Å². The first-order chi connectivity index (χ1) is 12.9. The topological polar surface area (TPSA) is 67.8 Å². The van der Waals surface area contributed by atoms with Crippen LogP contribution in [0.5, 0.6) is 0 Å². The van der Waals surface area contributed by atoms with E-state index in [9.17, 15) is 30.4 Å². The third-order valence-electron chi connectivity index (χ3n) is 3.59. The van der Waals surface area contributed by atoms with Crippen LogP contribution in [0.4, 0.5) is 27.6 Å². The molecule has 11 heteroatoms. The normalized spacial score (nSPS) is 12.8. The van der Waals surface area contributed by atoms with E-state index in [1.54, 1.807) is 6.92 Å². The van der Waals surface area contributed by atoms with E-state index >= 15 is 0 Å². The van der Waals surface area contributed by atoms with Crippen molar-refractivity contribution in [3.8, 4) is 0 Å². The highest BCUT2D eigenvalue weighted by atomic mass is 32.2. The monoisotopic (exact) mass is 422 g/mol. The van der Waals surface area contributed by atoms with Crippen molar-refractivity contribution >= 4 is 21.4 Å². The molecule has 28 heavy (non-hydrogen) atoms. The second-order valence-corrected chi connectivity index (χ2v) is 7.42. The average molecular weight is 422 g/mol. The summed E-state index contributed by atoms with van der Waals surface area (Å²) in [5.41, 5.74) is -5.62. The molecule has 2 aromatic carbocycles. The third-order valence-corrected chi connectivity index (χ3v) is 4.68. The molecular formula is C17H15F5N2O3S. The molecule has 0 saturated heterocycles. The first kappa shape index (κ1) is 21.6. The van der Waals surface area contributed by atoms with Gasteiger partial charge in [0.15, 0.2) is 0 Å². The predicted molar refractivity (Wildman–Crippen MR) is 93.1 cm³/mol. The molecule has 0 atom stereocenters. The standard InChI is InChI=1S/C17H15F5N2O3S/c1-10-6-7-16(24-28(25,26)17(20,21)22)12(8-10)11(2)23-27-9-13-14(18)4-3-5-15(13)19/h3-8,24H,9H2,1-2H3/b23-11+. The Morgan fingerprint density at radius 2 is 1.75 bits per heavy atom. The molecule has 0 aromatic heterocycles. The Bertz CT molecular complexity index is 984. The van der Waals surface area contributed by atoms with Gasteiger partial charge in [0.1, 0.15) is 18.2 Å². The van der Waals surface area contributed by atoms with Crippen LogP contribution in [-0.2, 0) is 21.5 Å². The molecular weight excluding hydrogens is 407 g/mol. The number of anilines is 1. The number of benzene rings is 2. The summed E-state index contributed by atoms with van der Waals surface area (Å²) in [5, 5.41) is 3.63. The molecule has 0 amide bonds. The average Bonchev–Trinajstić information content (AvgIpc) is 2.57. The molecule has 0 saturated carbocycles. The van der Waals surface area contributed by atoms with Crippen molar-refractivity contribution < 1.29 is 35.2 Å². The van der Waals surface area contributed by atoms with E-state index in [2.05, 4.69) is 5.16 Å². The summed E-state index contributed by atoms with van der Waals surface area (Å²) >= 11 is 0. The van der Waals surface area contributed by atoms with Gasteiger partial charge in [-0.1, -0.05) is 22.9 Å². The number of nitrogens with zero attached hydrogens (tertiary/aromatic N) is 1. The highest BCUT2D eigenvalue weighted by molar-refractivity contribution is 7.93. The van der Waals surface area contributed by atoms with Gasteiger partial charge in [-0.3, -0.25) is 4.72 Å². The van der Waals surface area contributed by atoms with Crippen molar-refractivity contribution in [2.45, 2.75) is 26.0 Å². The molecule has 5 nitrogen and oxygen atoms in total. The number of rotatable bonds is 6. The smallest absolute Gasteiger partial charge is 0.390 e. The van der Waals surface area contributed by atoms with Crippen LogP contribution < -0.4 is 4.72 Å². The largest absolute Gasteiger partial charge is 0.516 e. The zero-order valence-electron chi connectivity index (χ0n) is 14.6. The van der Waals surface area contributed by atoms with Crippen molar-refractivity contribution in [1.82, 2.24) is 0 Å². The van der Waals surface area contributed by atoms with E-state index in [1.165, 1.54) is 29.8 Å². The maximum absolute atomic E-state index is 13.6. The summed E-state index contributed by atoms with van der Waals surface area (Å²) in [6, 6.07) is 7.17. The summed E-state index contributed by atoms with van der Waals surface area (Å²) < 4.78 is 89.2. The maximum Gasteiger partial charge on any atom is 0.516 e. The van der Waals surface area contributed by atoms with Crippen LogP contribution in [0.1, 0.15) is 23.6 Å². The molecule has 1 N–H and O–H groups in total. The van der Waals surface area contributed by atoms with Crippen LogP contribution in [0, 0.1) is 18.6 Å². The van der Waals surface area contributed by atoms with E-state index in [1.807, 2.05) is 0 Å². The molecule has 0 spiro atoms. The number of aryl methyl sites for hydroxylation is 1. The van der Waals surface area contributed by atoms with Gasteiger partial charge in [-0.2, -0.15) is 21.6 Å². The fraction of sp³-hybridized carbons (Fsp3) is 0.235. The molecule has 0 aliphatic heterocycles. The lowest BCUT2D eigenvalue weighted by atomic mass is 10.1. The molecule has 0 heterocycles.